The molecule has 2 aromatic rings. The maximum Gasteiger partial charge on any atom is 0.266 e. The van der Waals surface area contributed by atoms with Crippen molar-refractivity contribution in [1.29, 1.82) is 0 Å². The van der Waals surface area contributed by atoms with E-state index in [0.717, 1.165) is 12.1 Å². The number of aliphatic imine (C=N–C) groups is 1. The van der Waals surface area contributed by atoms with Crippen LogP contribution in [0.4, 0.5) is 11.4 Å². The Bertz CT molecular complexity index is 1170. The molecule has 10 nitrogen and oxygen atoms in total. The van der Waals surface area contributed by atoms with E-state index < -0.39 is 28.5 Å². The van der Waals surface area contributed by atoms with Crippen molar-refractivity contribution in [2.45, 2.75) is 30.3 Å². The van der Waals surface area contributed by atoms with Gasteiger partial charge in [-0.3, -0.25) is 9.79 Å². The minimum absolute atomic E-state index is 0.00584. The number of halogens is 4. The lowest BCUT2D eigenvalue weighted by Gasteiger charge is -2.26. The monoisotopic (exact) mass is 569 g/mol. The number of carbonyl (C=O) groups is 1. The molecule has 1 atom stereocenters. The molecule has 0 bridgehead atoms. The van der Waals surface area contributed by atoms with Gasteiger partial charge in [0.2, 0.25) is 0 Å². The van der Waals surface area contributed by atoms with Gasteiger partial charge in [-0.15, -0.1) is 0 Å². The van der Waals surface area contributed by atoms with Crippen molar-refractivity contribution in [1.82, 2.24) is 4.31 Å². The summed E-state index contributed by atoms with van der Waals surface area (Å²) >= 11 is 24.2. The lowest BCUT2D eigenvalue weighted by molar-refractivity contribution is -0.128. The van der Waals surface area contributed by atoms with Crippen molar-refractivity contribution in [2.75, 3.05) is 18.0 Å². The molecule has 15 heteroatoms. The van der Waals surface area contributed by atoms with E-state index in [-0.39, 0.29) is 55.3 Å². The van der Waals surface area contributed by atoms with Gasteiger partial charge >= 0.3 is 0 Å². The number of guanidine groups is 1. The summed E-state index contributed by atoms with van der Waals surface area (Å²) in [6, 6.07) is 3.78. The predicted octanol–water partition coefficient (Wildman–Crippen LogP) is 2.56. The van der Waals surface area contributed by atoms with Crippen molar-refractivity contribution >= 4 is 79.7 Å². The third-order valence-electron chi connectivity index (χ3n) is 4.64. The third kappa shape index (κ3) is 6.71. The second-order valence-corrected chi connectivity index (χ2v) is 10.7. The molecular weight excluding hydrogens is 548 g/mol. The molecule has 0 aromatic heterocycles. The second-order valence-electron chi connectivity index (χ2n) is 7.18. The zero-order valence-corrected chi connectivity index (χ0v) is 21.5. The topological polar surface area (TPSA) is 197 Å². The molecule has 0 aliphatic heterocycles. The van der Waals surface area contributed by atoms with Crippen molar-refractivity contribution in [2.24, 2.45) is 22.2 Å². The summed E-state index contributed by atoms with van der Waals surface area (Å²) in [7, 11) is -4.49. The first-order valence-electron chi connectivity index (χ1n) is 9.61. The number of amides is 1. The maximum atomic E-state index is 13.5. The predicted molar refractivity (Wildman–Crippen MR) is 137 cm³/mol. The number of anilines is 2. The molecule has 0 spiro atoms. The largest absolute Gasteiger partial charge is 0.396 e. The Labute approximate surface area is 217 Å². The van der Waals surface area contributed by atoms with Gasteiger partial charge in [-0.1, -0.05) is 46.4 Å². The molecule has 34 heavy (non-hydrogen) atoms. The Morgan fingerprint density at radius 3 is 1.88 bits per heavy atom. The fourth-order valence-corrected chi connectivity index (χ4v) is 5.47. The van der Waals surface area contributed by atoms with Crippen LogP contribution in [0.3, 0.4) is 0 Å². The van der Waals surface area contributed by atoms with Crippen LogP contribution in [0, 0.1) is 0 Å². The average molecular weight is 571 g/mol. The standard InChI is InChI=1S/C19H23Cl4N7O3S/c20-11-4-9(5-12(21)16(11)25)8-30(18(31)15(24)2-1-3-29-19(27)28)34(32,33)10-6-13(22)17(26)14(23)7-10/h4-7,15H,1-3,8,24-26H2,(H4,27,28,29)/t15-/m1/s1. The summed E-state index contributed by atoms with van der Waals surface area (Å²) in [5.41, 5.74) is 28.4. The van der Waals surface area contributed by atoms with E-state index in [0.29, 0.717) is 16.3 Å². The molecule has 0 radical (unpaired) electrons. The maximum absolute atomic E-state index is 13.5. The number of hydrogen-bond donors (Lipinski definition) is 5. The van der Waals surface area contributed by atoms with Crippen LogP contribution in [0.1, 0.15) is 18.4 Å². The van der Waals surface area contributed by atoms with E-state index in [1.54, 1.807) is 0 Å². The highest BCUT2D eigenvalue weighted by Gasteiger charge is 2.33. The molecular formula is C19H23Cl4N7O3S. The smallest absolute Gasteiger partial charge is 0.266 e. The number of rotatable bonds is 9. The Morgan fingerprint density at radius 2 is 1.41 bits per heavy atom. The van der Waals surface area contributed by atoms with Gasteiger partial charge in [0.15, 0.2) is 5.96 Å². The molecule has 1 amide bonds. The normalized spacial score (nSPS) is 12.3. The van der Waals surface area contributed by atoms with Gasteiger partial charge < -0.3 is 28.7 Å². The molecule has 0 fully saturated rings. The Balaban J connectivity index is 2.48. The van der Waals surface area contributed by atoms with E-state index in [1.165, 1.54) is 12.1 Å². The van der Waals surface area contributed by atoms with Gasteiger partial charge in [-0.25, -0.2) is 12.7 Å². The molecule has 186 valence electrons. The number of nitrogen functional groups attached to an aromatic ring is 2. The summed E-state index contributed by atoms with van der Waals surface area (Å²) < 4.78 is 27.6. The minimum Gasteiger partial charge on any atom is -0.396 e. The van der Waals surface area contributed by atoms with E-state index >= 15 is 0 Å². The van der Waals surface area contributed by atoms with Gasteiger partial charge in [0.25, 0.3) is 15.9 Å². The van der Waals surface area contributed by atoms with E-state index in [1.807, 2.05) is 0 Å². The zero-order chi connectivity index (χ0) is 25.8. The SMILES string of the molecule is NC(N)=NCCC[C@@H](N)C(=O)N(Cc1cc(Cl)c(N)c(Cl)c1)S(=O)(=O)c1cc(Cl)c(N)c(Cl)c1. The summed E-state index contributed by atoms with van der Waals surface area (Å²) in [5.74, 6) is -1.00. The lowest BCUT2D eigenvalue weighted by Crippen LogP contribution is -2.46. The second kappa shape index (κ2) is 11.5. The average Bonchev–Trinajstić information content (AvgIpc) is 2.75. The molecule has 0 heterocycles. The molecule has 10 N–H and O–H groups in total. The van der Waals surface area contributed by atoms with Crippen molar-refractivity contribution in [3.63, 3.8) is 0 Å². The number of benzene rings is 2. The molecule has 2 rings (SSSR count). The highest BCUT2D eigenvalue weighted by atomic mass is 35.5. The minimum atomic E-state index is -4.49. The van der Waals surface area contributed by atoms with E-state index in [4.69, 9.17) is 75.1 Å². The Morgan fingerprint density at radius 1 is 0.941 bits per heavy atom. The summed E-state index contributed by atoms with van der Waals surface area (Å²) in [5, 5.41) is -0.0167. The summed E-state index contributed by atoms with van der Waals surface area (Å²) in [6.45, 7) is -0.232. The number of hydrogen-bond acceptors (Lipinski definition) is 7. The van der Waals surface area contributed by atoms with Crippen LogP contribution in [0.2, 0.25) is 20.1 Å². The van der Waals surface area contributed by atoms with Gasteiger partial charge in [0.05, 0.1) is 48.9 Å². The summed E-state index contributed by atoms with van der Waals surface area (Å²) in [6.07, 6.45) is 0.436. The van der Waals surface area contributed by atoms with E-state index in [9.17, 15) is 13.2 Å². The molecule has 0 aliphatic carbocycles. The van der Waals surface area contributed by atoms with Crippen molar-refractivity contribution in [3.05, 3.63) is 49.9 Å². The van der Waals surface area contributed by atoms with Crippen molar-refractivity contribution < 1.29 is 13.2 Å². The molecule has 2 aromatic carbocycles. The fraction of sp³-hybridized carbons (Fsp3) is 0.263. The first-order valence-corrected chi connectivity index (χ1v) is 12.6. The summed E-state index contributed by atoms with van der Waals surface area (Å²) in [4.78, 5) is 16.7. The highest BCUT2D eigenvalue weighted by molar-refractivity contribution is 7.89. The van der Waals surface area contributed by atoms with Crippen molar-refractivity contribution in [3.8, 4) is 0 Å². The third-order valence-corrected chi connectivity index (χ3v) is 7.61. The van der Waals surface area contributed by atoms with Crippen LogP contribution in [0.25, 0.3) is 0 Å². The van der Waals surface area contributed by atoms with Gasteiger partial charge in [-0.2, -0.15) is 0 Å². The first kappa shape index (κ1) is 28.1. The Hall–Kier alpha value is -2.15. The van der Waals surface area contributed by atoms with Gasteiger partial charge in [-0.05, 0) is 42.7 Å². The Kier molecular flexibility index (Phi) is 9.52. The lowest BCUT2D eigenvalue weighted by atomic mass is 10.1. The zero-order valence-electron chi connectivity index (χ0n) is 17.6. The van der Waals surface area contributed by atoms with Gasteiger partial charge in [0.1, 0.15) is 0 Å². The van der Waals surface area contributed by atoms with Crippen LogP contribution >= 0.6 is 46.4 Å². The number of sulfonamides is 1. The van der Waals surface area contributed by atoms with Crippen LogP contribution in [-0.4, -0.2) is 37.2 Å². The molecule has 0 unspecified atom stereocenters. The first-order chi connectivity index (χ1) is 15.7. The highest BCUT2D eigenvalue weighted by Crippen LogP contribution is 2.34. The molecule has 0 saturated carbocycles. The number of nitrogens with two attached hydrogens (primary N) is 5. The molecule has 0 saturated heterocycles. The van der Waals surface area contributed by atoms with Crippen LogP contribution in [0.5, 0.6) is 0 Å². The number of carbonyl (C=O) groups excluding carboxylic acids is 1. The quantitative estimate of drug-likeness (QED) is 0.131. The van der Waals surface area contributed by atoms with Crippen LogP contribution < -0.4 is 28.7 Å². The number of nitrogens with zero attached hydrogens (tertiary/aromatic N) is 2. The fourth-order valence-electron chi connectivity index (χ4n) is 2.84. The van der Waals surface area contributed by atoms with Crippen LogP contribution in [0.15, 0.2) is 34.2 Å². The van der Waals surface area contributed by atoms with Gasteiger partial charge in [0, 0.05) is 6.54 Å². The molecule has 0 aliphatic rings. The van der Waals surface area contributed by atoms with Crippen LogP contribution in [-0.2, 0) is 21.4 Å². The van der Waals surface area contributed by atoms with E-state index in [2.05, 4.69) is 4.99 Å².